The van der Waals surface area contributed by atoms with Crippen molar-refractivity contribution in [2.75, 3.05) is 89.5 Å². The SMILES string of the molecule is CSCCNC(N)=NCCCCCCCCN(CCCCCCCCN=C(N)N)C(=O)N(CCCCCCCCN=C(N)N)CCCCCCCCN=C(N)NCCSC. The third-order valence-corrected chi connectivity index (χ3v) is 11.5. The number of nitrogens with zero attached hydrogens (tertiary/aromatic N) is 6. The number of nitrogens with two attached hydrogens (primary N) is 6. The van der Waals surface area contributed by atoms with Crippen molar-refractivity contribution in [2.45, 2.75) is 154 Å². The van der Waals surface area contributed by atoms with E-state index in [0.29, 0.717) is 25.0 Å². The number of hydrogen-bond acceptors (Lipinski definition) is 7. The van der Waals surface area contributed by atoms with Crippen LogP contribution in [0.4, 0.5) is 4.79 Å². The fourth-order valence-corrected chi connectivity index (χ4v) is 7.39. The van der Waals surface area contributed by atoms with Gasteiger partial charge in [-0.3, -0.25) is 20.0 Å². The molecule has 0 aromatic heterocycles. The number of unbranched alkanes of at least 4 members (excludes halogenated alkanes) is 20. The quantitative estimate of drug-likeness (QED) is 0.0196. The highest BCUT2D eigenvalue weighted by molar-refractivity contribution is 7.98. The summed E-state index contributed by atoms with van der Waals surface area (Å²) >= 11 is 3.59. The largest absolute Gasteiger partial charge is 0.370 e. The third kappa shape index (κ3) is 40.5. The molecule has 352 valence electrons. The molecule has 0 saturated carbocycles. The molecule has 17 heteroatoms. The van der Waals surface area contributed by atoms with Crippen LogP contribution in [-0.4, -0.2) is 129 Å². The number of aliphatic imine (C=N–C) groups is 4. The molecule has 0 spiro atoms. The van der Waals surface area contributed by atoms with Crippen LogP contribution in [0.3, 0.4) is 0 Å². The van der Waals surface area contributed by atoms with E-state index in [1.807, 2.05) is 0 Å². The lowest BCUT2D eigenvalue weighted by Gasteiger charge is -2.31. The van der Waals surface area contributed by atoms with Crippen molar-refractivity contribution in [1.29, 1.82) is 0 Å². The van der Waals surface area contributed by atoms with E-state index in [-0.39, 0.29) is 18.0 Å². The Morgan fingerprint density at radius 3 is 0.917 bits per heavy atom. The lowest BCUT2D eigenvalue weighted by molar-refractivity contribution is 0.148. The molecular weight excluding hydrogens is 793 g/mol. The molecule has 0 rings (SSSR count). The van der Waals surface area contributed by atoms with E-state index in [9.17, 15) is 4.79 Å². The molecule has 0 unspecified atom stereocenters. The van der Waals surface area contributed by atoms with E-state index in [1.54, 1.807) is 23.5 Å². The number of amides is 2. The van der Waals surface area contributed by atoms with Crippen LogP contribution in [0.1, 0.15) is 154 Å². The highest BCUT2D eigenvalue weighted by atomic mass is 32.2. The molecule has 0 heterocycles. The van der Waals surface area contributed by atoms with Crippen LogP contribution >= 0.6 is 23.5 Å². The Morgan fingerprint density at radius 1 is 0.400 bits per heavy atom. The van der Waals surface area contributed by atoms with Crippen molar-refractivity contribution in [1.82, 2.24) is 20.4 Å². The zero-order valence-corrected chi connectivity index (χ0v) is 40.0. The number of guanidine groups is 4. The topological polar surface area (TPSA) is 253 Å². The van der Waals surface area contributed by atoms with Gasteiger partial charge in [-0.15, -0.1) is 0 Å². The summed E-state index contributed by atoms with van der Waals surface area (Å²) in [7, 11) is 0. The average Bonchev–Trinajstić information content (AvgIpc) is 3.22. The first-order valence-electron chi connectivity index (χ1n) is 23.4. The van der Waals surface area contributed by atoms with Gasteiger partial charge in [0, 0.05) is 77.0 Å². The summed E-state index contributed by atoms with van der Waals surface area (Å²) in [5.41, 5.74) is 33.8. The van der Waals surface area contributed by atoms with Gasteiger partial charge in [0.05, 0.1) is 0 Å². The number of carbonyl (C=O) groups is 1. The van der Waals surface area contributed by atoms with Gasteiger partial charge in [0.2, 0.25) is 0 Å². The number of thioether (sulfide) groups is 2. The van der Waals surface area contributed by atoms with Crippen LogP contribution in [0.25, 0.3) is 0 Å². The predicted octanol–water partition coefficient (Wildman–Crippen LogP) is 6.15. The molecule has 60 heavy (non-hydrogen) atoms. The molecule has 0 aromatic carbocycles. The monoisotopic (exact) mass is 885 g/mol. The van der Waals surface area contributed by atoms with E-state index in [2.05, 4.69) is 52.9 Å². The van der Waals surface area contributed by atoms with Crippen molar-refractivity contribution in [2.24, 2.45) is 54.4 Å². The second kappa shape index (κ2) is 44.1. The van der Waals surface area contributed by atoms with Gasteiger partial charge < -0.3 is 54.8 Å². The molecule has 0 aromatic rings. The van der Waals surface area contributed by atoms with Gasteiger partial charge in [-0.1, -0.05) is 103 Å². The first kappa shape index (κ1) is 57.1. The predicted molar refractivity (Wildman–Crippen MR) is 266 cm³/mol. The Labute approximate surface area is 375 Å². The molecule has 0 radical (unpaired) electrons. The number of urea groups is 1. The molecule has 0 aliphatic carbocycles. The molecule has 2 amide bonds. The minimum absolute atomic E-state index is 0.166. The van der Waals surface area contributed by atoms with Gasteiger partial charge in [0.15, 0.2) is 23.8 Å². The summed E-state index contributed by atoms with van der Waals surface area (Å²) in [6.45, 7) is 7.93. The van der Waals surface area contributed by atoms with Crippen molar-refractivity contribution in [3.63, 3.8) is 0 Å². The molecular formula is C43H92N14OS2. The van der Waals surface area contributed by atoms with Crippen molar-refractivity contribution >= 4 is 53.4 Å². The van der Waals surface area contributed by atoms with Gasteiger partial charge in [-0.25, -0.2) is 4.79 Å². The highest BCUT2D eigenvalue weighted by Crippen LogP contribution is 2.15. The summed E-state index contributed by atoms with van der Waals surface area (Å²) in [6.07, 6.45) is 30.9. The van der Waals surface area contributed by atoms with Gasteiger partial charge in [0.25, 0.3) is 0 Å². The molecule has 0 aliphatic heterocycles. The maximum Gasteiger partial charge on any atom is 0.319 e. The lowest BCUT2D eigenvalue weighted by Crippen LogP contribution is -2.45. The number of hydrogen-bond donors (Lipinski definition) is 8. The third-order valence-electron chi connectivity index (χ3n) is 10.3. The smallest absolute Gasteiger partial charge is 0.319 e. The van der Waals surface area contributed by atoms with Crippen LogP contribution in [0.5, 0.6) is 0 Å². The van der Waals surface area contributed by atoms with E-state index >= 15 is 0 Å². The summed E-state index contributed by atoms with van der Waals surface area (Å²) in [6, 6.07) is 0.229. The fourth-order valence-electron chi connectivity index (χ4n) is 6.78. The molecule has 0 bridgehead atoms. The fraction of sp³-hybridized carbons (Fsp3) is 0.884. The van der Waals surface area contributed by atoms with Crippen LogP contribution < -0.4 is 45.0 Å². The van der Waals surface area contributed by atoms with Gasteiger partial charge in [-0.05, 0) is 63.9 Å². The van der Waals surface area contributed by atoms with Crippen molar-refractivity contribution in [3.05, 3.63) is 0 Å². The molecule has 0 atom stereocenters. The van der Waals surface area contributed by atoms with Crippen LogP contribution in [0.15, 0.2) is 20.0 Å². The maximum atomic E-state index is 14.3. The van der Waals surface area contributed by atoms with Crippen LogP contribution in [0, 0.1) is 0 Å². The van der Waals surface area contributed by atoms with Gasteiger partial charge >= 0.3 is 6.03 Å². The second-order valence-corrected chi connectivity index (χ2v) is 17.7. The average molecular weight is 885 g/mol. The van der Waals surface area contributed by atoms with Gasteiger partial charge in [-0.2, -0.15) is 23.5 Å². The molecule has 0 fully saturated rings. The number of rotatable bonds is 42. The number of nitrogens with one attached hydrogen (secondary N) is 2. The Kier molecular flexibility index (Phi) is 41.9. The normalized spacial score (nSPS) is 11.7. The lowest BCUT2D eigenvalue weighted by atomic mass is 10.1. The minimum Gasteiger partial charge on any atom is -0.370 e. The maximum absolute atomic E-state index is 14.3. The van der Waals surface area contributed by atoms with E-state index in [4.69, 9.17) is 34.4 Å². The van der Waals surface area contributed by atoms with Gasteiger partial charge in [0.1, 0.15) is 0 Å². The summed E-state index contributed by atoms with van der Waals surface area (Å²) in [5, 5.41) is 6.33. The van der Waals surface area contributed by atoms with Crippen LogP contribution in [0.2, 0.25) is 0 Å². The zero-order valence-electron chi connectivity index (χ0n) is 38.3. The highest BCUT2D eigenvalue weighted by Gasteiger charge is 2.20. The number of carbonyl (C=O) groups excluding carboxylic acids is 1. The molecule has 0 saturated heterocycles. The standard InChI is InChI=1S/C43H92N14OS2/c1-59-37-31-54-41(48)52-29-21-13-5-9-17-25-35-56(33-23-15-7-3-11-19-27-50-39(44)45)43(58)57(34-24-16-8-4-12-20-28-51-40(46)47)36-26-18-10-6-14-22-30-53-42(49)55-32-38-60-2/h3-38H2,1-2H3,(H4,44,45,50)(H4,46,47,51)(H3,48,52,54)(H3,49,53,55). The first-order valence-corrected chi connectivity index (χ1v) is 26.2. The Bertz CT molecular complexity index is 1020. The second-order valence-electron chi connectivity index (χ2n) is 15.7. The van der Waals surface area contributed by atoms with E-state index in [1.165, 1.54) is 25.7 Å². The summed E-state index contributed by atoms with van der Waals surface area (Å²) < 4.78 is 0. The van der Waals surface area contributed by atoms with Crippen molar-refractivity contribution < 1.29 is 4.79 Å². The Morgan fingerprint density at radius 2 is 0.650 bits per heavy atom. The summed E-state index contributed by atoms with van der Waals surface area (Å²) in [4.78, 5) is 35.8. The molecule has 0 aliphatic rings. The molecule has 14 N–H and O–H groups in total. The van der Waals surface area contributed by atoms with Crippen molar-refractivity contribution in [3.8, 4) is 0 Å². The summed E-state index contributed by atoms with van der Waals surface area (Å²) in [5.74, 6) is 3.48. The van der Waals surface area contributed by atoms with E-state index < -0.39 is 0 Å². The minimum atomic E-state index is 0.166. The zero-order chi connectivity index (χ0) is 44.2. The Hall–Kier alpha value is -2.95. The van der Waals surface area contributed by atoms with E-state index in [0.717, 1.165) is 192 Å². The first-order chi connectivity index (χ1) is 29.2. The van der Waals surface area contributed by atoms with Crippen LogP contribution in [-0.2, 0) is 0 Å². The molecule has 15 nitrogen and oxygen atoms in total. The Balaban J connectivity index is 5.14.